The fourth-order valence-electron chi connectivity index (χ4n) is 2.62. The highest BCUT2D eigenvalue weighted by Gasteiger charge is 2.14. The number of nitrogens with two attached hydrogens (primary N) is 1. The third-order valence-electron chi connectivity index (χ3n) is 4.22. The molecule has 0 fully saturated rings. The number of benzene rings is 2. The van der Waals surface area contributed by atoms with E-state index in [1.807, 2.05) is 24.3 Å². The topological polar surface area (TPSA) is 80.9 Å². The van der Waals surface area contributed by atoms with Gasteiger partial charge >= 0.3 is 0 Å². The summed E-state index contributed by atoms with van der Waals surface area (Å²) >= 11 is 6.28. The van der Waals surface area contributed by atoms with E-state index in [-0.39, 0.29) is 17.3 Å². The van der Waals surface area contributed by atoms with E-state index in [0.717, 1.165) is 5.69 Å². The summed E-state index contributed by atoms with van der Waals surface area (Å²) in [5, 5.41) is 3.42. The molecule has 3 N–H and O–H groups in total. The summed E-state index contributed by atoms with van der Waals surface area (Å²) < 4.78 is 0. The molecule has 0 unspecified atom stereocenters. The molecule has 0 aliphatic heterocycles. The lowest BCUT2D eigenvalue weighted by molar-refractivity contribution is 0.102. The number of hydrogen-bond acceptors (Lipinski definition) is 4. The second-order valence-corrected chi connectivity index (χ2v) is 7.71. The Kier molecular flexibility index (Phi) is 5.15. The zero-order valence-electron chi connectivity index (χ0n) is 15.5. The van der Waals surface area contributed by atoms with Crippen LogP contribution in [0.25, 0.3) is 11.1 Å². The van der Waals surface area contributed by atoms with Crippen LogP contribution in [0, 0.1) is 0 Å². The van der Waals surface area contributed by atoms with Crippen LogP contribution in [-0.4, -0.2) is 15.9 Å². The van der Waals surface area contributed by atoms with E-state index in [1.165, 1.54) is 5.56 Å². The Hall–Kier alpha value is -2.92. The molecule has 0 spiro atoms. The van der Waals surface area contributed by atoms with Crippen molar-refractivity contribution in [2.75, 3.05) is 11.1 Å². The summed E-state index contributed by atoms with van der Waals surface area (Å²) in [5.41, 5.74) is 9.39. The van der Waals surface area contributed by atoms with Crippen molar-refractivity contribution in [3.8, 4) is 11.1 Å². The van der Waals surface area contributed by atoms with Crippen LogP contribution in [0.15, 0.2) is 54.9 Å². The van der Waals surface area contributed by atoms with Gasteiger partial charge in [-0.3, -0.25) is 4.79 Å². The molecule has 27 heavy (non-hydrogen) atoms. The SMILES string of the molecule is CC(C)(C)c1ccc(NC(=O)c2ccc(Cl)c(-c3cnc(N)nc3)c2)cc1. The third-order valence-corrected chi connectivity index (χ3v) is 4.55. The first kappa shape index (κ1) is 18.9. The lowest BCUT2D eigenvalue weighted by Gasteiger charge is -2.19. The van der Waals surface area contributed by atoms with Crippen molar-refractivity contribution in [3.05, 3.63) is 71.0 Å². The smallest absolute Gasteiger partial charge is 0.255 e. The number of carbonyl (C=O) groups is 1. The van der Waals surface area contributed by atoms with Crippen LogP contribution in [0.3, 0.4) is 0 Å². The number of halogens is 1. The molecule has 138 valence electrons. The summed E-state index contributed by atoms with van der Waals surface area (Å²) in [6, 6.07) is 12.9. The third kappa shape index (κ3) is 4.44. The first-order valence-corrected chi connectivity index (χ1v) is 8.91. The van der Waals surface area contributed by atoms with E-state index in [2.05, 4.69) is 36.1 Å². The van der Waals surface area contributed by atoms with Crippen LogP contribution in [0.1, 0.15) is 36.7 Å². The molecule has 0 aliphatic carbocycles. The first-order valence-electron chi connectivity index (χ1n) is 8.53. The number of anilines is 2. The van der Waals surface area contributed by atoms with Gasteiger partial charge < -0.3 is 11.1 Å². The van der Waals surface area contributed by atoms with Crippen LogP contribution in [0.5, 0.6) is 0 Å². The van der Waals surface area contributed by atoms with Gasteiger partial charge in [-0.2, -0.15) is 0 Å². The van der Waals surface area contributed by atoms with E-state index in [0.29, 0.717) is 21.7 Å². The molecule has 0 atom stereocenters. The maximum atomic E-state index is 12.6. The molecular weight excluding hydrogens is 360 g/mol. The van der Waals surface area contributed by atoms with Crippen LogP contribution in [0.4, 0.5) is 11.6 Å². The van der Waals surface area contributed by atoms with E-state index < -0.39 is 0 Å². The Morgan fingerprint density at radius 1 is 1.04 bits per heavy atom. The fourth-order valence-corrected chi connectivity index (χ4v) is 2.85. The largest absolute Gasteiger partial charge is 0.368 e. The fraction of sp³-hybridized carbons (Fsp3) is 0.190. The van der Waals surface area contributed by atoms with Crippen molar-refractivity contribution in [3.63, 3.8) is 0 Å². The number of nitrogens with zero attached hydrogens (tertiary/aromatic N) is 2. The molecule has 0 saturated heterocycles. The Morgan fingerprint density at radius 3 is 2.26 bits per heavy atom. The maximum absolute atomic E-state index is 12.6. The van der Waals surface area contributed by atoms with Crippen LogP contribution >= 0.6 is 11.6 Å². The summed E-state index contributed by atoms with van der Waals surface area (Å²) in [5.74, 6) is -0.0322. The number of amides is 1. The van der Waals surface area contributed by atoms with Crippen molar-refractivity contribution in [1.29, 1.82) is 0 Å². The van der Waals surface area contributed by atoms with Crippen LogP contribution < -0.4 is 11.1 Å². The highest BCUT2D eigenvalue weighted by molar-refractivity contribution is 6.33. The molecular formula is C21H21ClN4O. The molecule has 1 amide bonds. The molecule has 3 rings (SSSR count). The lowest BCUT2D eigenvalue weighted by Crippen LogP contribution is -2.13. The van der Waals surface area contributed by atoms with Gasteiger partial charge in [0, 0.05) is 39.8 Å². The second-order valence-electron chi connectivity index (χ2n) is 7.31. The molecule has 5 nitrogen and oxygen atoms in total. The number of carbonyl (C=O) groups excluding carboxylic acids is 1. The number of aromatic nitrogens is 2. The van der Waals surface area contributed by atoms with Crippen molar-refractivity contribution in [2.24, 2.45) is 0 Å². The molecule has 0 aliphatic rings. The molecule has 0 saturated carbocycles. The average Bonchev–Trinajstić information content (AvgIpc) is 2.62. The minimum atomic E-state index is -0.215. The van der Waals surface area contributed by atoms with Crippen LogP contribution in [0.2, 0.25) is 5.02 Å². The molecule has 0 radical (unpaired) electrons. The van der Waals surface area contributed by atoms with E-state index in [4.69, 9.17) is 17.3 Å². The number of nitrogen functional groups attached to an aromatic ring is 1. The van der Waals surface area contributed by atoms with Gasteiger partial charge in [0.1, 0.15) is 0 Å². The number of nitrogens with one attached hydrogen (secondary N) is 1. The molecule has 0 bridgehead atoms. The standard InChI is InChI=1S/C21H21ClN4O/c1-21(2,3)15-5-7-16(8-6-15)26-19(27)13-4-9-18(22)17(10-13)14-11-24-20(23)25-12-14/h4-12H,1-3H3,(H,26,27)(H2,23,24,25). The second kappa shape index (κ2) is 7.37. The van der Waals surface area contributed by atoms with Crippen molar-refractivity contribution < 1.29 is 4.79 Å². The Balaban J connectivity index is 1.83. The van der Waals surface area contributed by atoms with Gasteiger partial charge in [-0.15, -0.1) is 0 Å². The molecule has 6 heteroatoms. The van der Waals surface area contributed by atoms with Crippen molar-refractivity contribution in [2.45, 2.75) is 26.2 Å². The molecule has 2 aromatic carbocycles. The number of rotatable bonds is 3. The maximum Gasteiger partial charge on any atom is 0.255 e. The van der Waals surface area contributed by atoms with Gasteiger partial charge in [0.2, 0.25) is 5.95 Å². The first-order chi connectivity index (χ1) is 12.7. The highest BCUT2D eigenvalue weighted by atomic mass is 35.5. The normalized spacial score (nSPS) is 11.3. The van der Waals surface area contributed by atoms with Gasteiger partial charge in [-0.25, -0.2) is 9.97 Å². The highest BCUT2D eigenvalue weighted by Crippen LogP contribution is 2.29. The van der Waals surface area contributed by atoms with Gasteiger partial charge in [-0.1, -0.05) is 44.5 Å². The average molecular weight is 381 g/mol. The van der Waals surface area contributed by atoms with E-state index in [9.17, 15) is 4.79 Å². The van der Waals surface area contributed by atoms with Gasteiger partial charge in [0.25, 0.3) is 5.91 Å². The summed E-state index contributed by atoms with van der Waals surface area (Å²) in [6.07, 6.45) is 3.16. The number of hydrogen-bond donors (Lipinski definition) is 2. The summed E-state index contributed by atoms with van der Waals surface area (Å²) in [7, 11) is 0. The predicted molar refractivity (Wildman–Crippen MR) is 110 cm³/mol. The zero-order chi connectivity index (χ0) is 19.6. The Morgan fingerprint density at radius 2 is 1.67 bits per heavy atom. The quantitative estimate of drug-likeness (QED) is 0.675. The minimum absolute atomic E-state index is 0.0643. The predicted octanol–water partition coefficient (Wildman–Crippen LogP) is 4.93. The summed E-state index contributed by atoms with van der Waals surface area (Å²) in [4.78, 5) is 20.6. The van der Waals surface area contributed by atoms with Crippen LogP contribution in [-0.2, 0) is 5.41 Å². The molecule has 1 heterocycles. The monoisotopic (exact) mass is 380 g/mol. The van der Waals surface area contributed by atoms with E-state index >= 15 is 0 Å². The van der Waals surface area contributed by atoms with Crippen molar-refractivity contribution in [1.82, 2.24) is 9.97 Å². The zero-order valence-corrected chi connectivity index (χ0v) is 16.2. The van der Waals surface area contributed by atoms with Gasteiger partial charge in [0.05, 0.1) is 0 Å². The summed E-state index contributed by atoms with van der Waals surface area (Å²) in [6.45, 7) is 6.45. The molecule has 3 aromatic rings. The lowest BCUT2D eigenvalue weighted by atomic mass is 9.87. The Labute approximate surface area is 163 Å². The van der Waals surface area contributed by atoms with E-state index in [1.54, 1.807) is 30.6 Å². The van der Waals surface area contributed by atoms with Gasteiger partial charge in [0.15, 0.2) is 0 Å². The van der Waals surface area contributed by atoms with Crippen molar-refractivity contribution >= 4 is 29.1 Å². The Bertz CT molecular complexity index is 961. The van der Waals surface area contributed by atoms with Gasteiger partial charge in [-0.05, 0) is 41.3 Å². The molecule has 1 aromatic heterocycles. The minimum Gasteiger partial charge on any atom is -0.368 e.